The SMILES string of the molecule is C=C(C)CNC(=O)CCn1nc(C)cc1C. The molecule has 4 heteroatoms. The molecule has 0 aliphatic heterocycles. The molecule has 0 radical (unpaired) electrons. The molecule has 0 aliphatic rings. The zero-order valence-electron chi connectivity index (χ0n) is 10.2. The van der Waals surface area contributed by atoms with Gasteiger partial charge in [-0.1, -0.05) is 12.2 Å². The third-order valence-corrected chi connectivity index (χ3v) is 2.24. The number of nitrogens with one attached hydrogen (secondary N) is 1. The zero-order valence-corrected chi connectivity index (χ0v) is 10.2. The fraction of sp³-hybridized carbons (Fsp3) is 0.500. The molecule has 4 nitrogen and oxygen atoms in total. The van der Waals surface area contributed by atoms with Crippen molar-refractivity contribution >= 4 is 5.91 Å². The van der Waals surface area contributed by atoms with Gasteiger partial charge in [-0.3, -0.25) is 9.48 Å². The van der Waals surface area contributed by atoms with Crippen LogP contribution in [0.1, 0.15) is 24.7 Å². The lowest BCUT2D eigenvalue weighted by atomic mass is 10.3. The number of rotatable bonds is 5. The van der Waals surface area contributed by atoms with Crippen LogP contribution in [-0.2, 0) is 11.3 Å². The summed E-state index contributed by atoms with van der Waals surface area (Å²) in [5.74, 6) is 0.0375. The Morgan fingerprint density at radius 3 is 2.75 bits per heavy atom. The van der Waals surface area contributed by atoms with Crippen LogP contribution >= 0.6 is 0 Å². The first-order chi connectivity index (χ1) is 7.49. The molecule has 0 bridgehead atoms. The van der Waals surface area contributed by atoms with Crippen molar-refractivity contribution in [2.24, 2.45) is 0 Å². The molecule has 0 saturated carbocycles. The van der Waals surface area contributed by atoms with Gasteiger partial charge in [0.15, 0.2) is 0 Å². The van der Waals surface area contributed by atoms with Gasteiger partial charge in [-0.25, -0.2) is 0 Å². The molecule has 0 unspecified atom stereocenters. The molecule has 88 valence electrons. The number of aryl methyl sites for hydroxylation is 3. The van der Waals surface area contributed by atoms with Crippen LogP contribution in [0.3, 0.4) is 0 Å². The van der Waals surface area contributed by atoms with Crippen LogP contribution in [0.15, 0.2) is 18.2 Å². The molecule has 0 aliphatic carbocycles. The highest BCUT2D eigenvalue weighted by Crippen LogP contribution is 2.02. The molecule has 1 aromatic heterocycles. The van der Waals surface area contributed by atoms with E-state index in [-0.39, 0.29) is 5.91 Å². The number of aromatic nitrogens is 2. The van der Waals surface area contributed by atoms with Gasteiger partial charge in [0.05, 0.1) is 5.69 Å². The predicted molar refractivity (Wildman–Crippen MR) is 64.1 cm³/mol. The van der Waals surface area contributed by atoms with E-state index in [2.05, 4.69) is 17.0 Å². The summed E-state index contributed by atoms with van der Waals surface area (Å²) in [5, 5.41) is 7.10. The smallest absolute Gasteiger partial charge is 0.222 e. The van der Waals surface area contributed by atoms with Crippen LogP contribution in [0.25, 0.3) is 0 Å². The first-order valence-electron chi connectivity index (χ1n) is 5.41. The van der Waals surface area contributed by atoms with Crippen molar-refractivity contribution in [3.63, 3.8) is 0 Å². The van der Waals surface area contributed by atoms with E-state index in [1.807, 2.05) is 31.5 Å². The lowest BCUT2D eigenvalue weighted by Crippen LogP contribution is -2.26. The van der Waals surface area contributed by atoms with Gasteiger partial charge >= 0.3 is 0 Å². The molecule has 0 saturated heterocycles. The summed E-state index contributed by atoms with van der Waals surface area (Å²) in [5.41, 5.74) is 3.03. The molecule has 1 N–H and O–H groups in total. The lowest BCUT2D eigenvalue weighted by molar-refractivity contribution is -0.121. The highest BCUT2D eigenvalue weighted by atomic mass is 16.1. The van der Waals surface area contributed by atoms with Crippen LogP contribution in [0.2, 0.25) is 0 Å². The van der Waals surface area contributed by atoms with Crippen LogP contribution in [-0.4, -0.2) is 22.2 Å². The van der Waals surface area contributed by atoms with Gasteiger partial charge in [0.1, 0.15) is 0 Å². The van der Waals surface area contributed by atoms with Crippen LogP contribution in [0.4, 0.5) is 0 Å². The van der Waals surface area contributed by atoms with E-state index in [0.717, 1.165) is 17.0 Å². The molecule has 1 rings (SSSR count). The largest absolute Gasteiger partial charge is 0.352 e. The van der Waals surface area contributed by atoms with E-state index in [1.54, 1.807) is 0 Å². The van der Waals surface area contributed by atoms with Gasteiger partial charge in [0.25, 0.3) is 0 Å². The molecule has 1 heterocycles. The standard InChI is InChI=1S/C12H19N3O/c1-9(2)8-13-12(16)5-6-15-11(4)7-10(3)14-15/h7H,1,5-6,8H2,2-4H3,(H,13,16). The minimum absolute atomic E-state index is 0.0375. The third-order valence-electron chi connectivity index (χ3n) is 2.24. The van der Waals surface area contributed by atoms with Crippen molar-refractivity contribution in [1.82, 2.24) is 15.1 Å². The van der Waals surface area contributed by atoms with Crippen LogP contribution < -0.4 is 5.32 Å². The maximum atomic E-state index is 11.4. The molecule has 16 heavy (non-hydrogen) atoms. The Hall–Kier alpha value is -1.58. The Morgan fingerprint density at radius 1 is 1.56 bits per heavy atom. The van der Waals surface area contributed by atoms with E-state index in [4.69, 9.17) is 0 Å². The topological polar surface area (TPSA) is 46.9 Å². The zero-order chi connectivity index (χ0) is 12.1. The molecule has 0 aromatic carbocycles. The number of hydrogen-bond acceptors (Lipinski definition) is 2. The molecule has 1 aromatic rings. The Labute approximate surface area is 96.3 Å². The van der Waals surface area contributed by atoms with Gasteiger partial charge in [-0.2, -0.15) is 5.10 Å². The molecular weight excluding hydrogens is 202 g/mol. The highest BCUT2D eigenvalue weighted by Gasteiger charge is 2.04. The van der Waals surface area contributed by atoms with E-state index in [9.17, 15) is 4.79 Å². The van der Waals surface area contributed by atoms with Gasteiger partial charge in [0.2, 0.25) is 5.91 Å². The Kier molecular flexibility index (Phi) is 4.28. The average molecular weight is 221 g/mol. The first kappa shape index (κ1) is 12.5. The Balaban J connectivity index is 2.37. The van der Waals surface area contributed by atoms with Crippen LogP contribution in [0.5, 0.6) is 0 Å². The maximum absolute atomic E-state index is 11.4. The van der Waals surface area contributed by atoms with Crippen molar-refractivity contribution in [2.75, 3.05) is 6.54 Å². The summed E-state index contributed by atoms with van der Waals surface area (Å²) in [4.78, 5) is 11.4. The lowest BCUT2D eigenvalue weighted by Gasteiger charge is -2.06. The molecule has 0 atom stereocenters. The fourth-order valence-corrected chi connectivity index (χ4v) is 1.45. The second kappa shape index (κ2) is 5.49. The van der Waals surface area contributed by atoms with Gasteiger partial charge in [-0.05, 0) is 26.8 Å². The summed E-state index contributed by atoms with van der Waals surface area (Å²) in [7, 11) is 0. The average Bonchev–Trinajstić information content (AvgIpc) is 2.51. The van der Waals surface area contributed by atoms with Gasteiger partial charge in [-0.15, -0.1) is 0 Å². The third kappa shape index (κ3) is 3.88. The second-order valence-electron chi connectivity index (χ2n) is 4.13. The van der Waals surface area contributed by atoms with Crippen LogP contribution in [0, 0.1) is 13.8 Å². The summed E-state index contributed by atoms with van der Waals surface area (Å²) in [6.07, 6.45) is 0.454. The molecule has 1 amide bonds. The molecule has 0 fully saturated rings. The number of hydrogen-bond donors (Lipinski definition) is 1. The summed E-state index contributed by atoms with van der Waals surface area (Å²) in [6, 6.07) is 2.01. The fourth-order valence-electron chi connectivity index (χ4n) is 1.45. The van der Waals surface area contributed by atoms with Crippen molar-refractivity contribution in [1.29, 1.82) is 0 Å². The normalized spacial score (nSPS) is 10.2. The van der Waals surface area contributed by atoms with Crippen molar-refractivity contribution < 1.29 is 4.79 Å². The van der Waals surface area contributed by atoms with Crippen molar-refractivity contribution in [3.05, 3.63) is 29.6 Å². The molecule has 0 spiro atoms. The van der Waals surface area contributed by atoms with E-state index in [0.29, 0.717) is 19.5 Å². The number of nitrogens with zero attached hydrogens (tertiary/aromatic N) is 2. The monoisotopic (exact) mass is 221 g/mol. The number of amides is 1. The number of carbonyl (C=O) groups is 1. The van der Waals surface area contributed by atoms with Gasteiger partial charge < -0.3 is 5.32 Å². The quantitative estimate of drug-likeness (QED) is 0.767. The van der Waals surface area contributed by atoms with E-state index < -0.39 is 0 Å². The maximum Gasteiger partial charge on any atom is 0.222 e. The van der Waals surface area contributed by atoms with Crippen molar-refractivity contribution in [2.45, 2.75) is 33.7 Å². The molecular formula is C12H19N3O. The summed E-state index contributed by atoms with van der Waals surface area (Å²) in [6.45, 7) is 10.7. The van der Waals surface area contributed by atoms with Gasteiger partial charge in [0, 0.05) is 25.2 Å². The summed E-state index contributed by atoms with van der Waals surface area (Å²) < 4.78 is 1.86. The van der Waals surface area contributed by atoms with E-state index >= 15 is 0 Å². The Morgan fingerprint density at radius 2 is 2.25 bits per heavy atom. The first-order valence-corrected chi connectivity index (χ1v) is 5.41. The second-order valence-corrected chi connectivity index (χ2v) is 4.13. The predicted octanol–water partition coefficient (Wildman–Crippen LogP) is 1.58. The highest BCUT2D eigenvalue weighted by molar-refractivity contribution is 5.76. The Bertz CT molecular complexity index is 393. The van der Waals surface area contributed by atoms with Crippen molar-refractivity contribution in [3.8, 4) is 0 Å². The summed E-state index contributed by atoms with van der Waals surface area (Å²) >= 11 is 0. The minimum Gasteiger partial charge on any atom is -0.352 e. The van der Waals surface area contributed by atoms with E-state index in [1.165, 1.54) is 0 Å². The minimum atomic E-state index is 0.0375. The number of carbonyl (C=O) groups excluding carboxylic acids is 1.